The summed E-state index contributed by atoms with van der Waals surface area (Å²) < 4.78 is 2.08. The first kappa shape index (κ1) is 14.9. The van der Waals surface area contributed by atoms with Crippen molar-refractivity contribution in [2.45, 2.75) is 32.0 Å². The van der Waals surface area contributed by atoms with E-state index < -0.39 is 0 Å². The summed E-state index contributed by atoms with van der Waals surface area (Å²) in [7, 11) is 2.19. The molecule has 1 fully saturated rings. The number of aromatic nitrogens is 2. The van der Waals surface area contributed by atoms with Crippen LogP contribution in [0.1, 0.15) is 12.6 Å². The van der Waals surface area contributed by atoms with Crippen LogP contribution in [0.25, 0.3) is 10.9 Å². The van der Waals surface area contributed by atoms with E-state index in [1.54, 1.807) is 0 Å². The molecule has 4 nitrogen and oxygen atoms in total. The number of benzene rings is 1. The van der Waals surface area contributed by atoms with Crippen molar-refractivity contribution in [2.75, 3.05) is 25.1 Å². The number of nitrogens with two attached hydrogens (primary N) is 1. The molecule has 0 amide bonds. The largest absolute Gasteiger partial charge is 0.326 e. The molecule has 1 saturated heterocycles. The van der Waals surface area contributed by atoms with Crippen molar-refractivity contribution >= 4 is 22.7 Å². The van der Waals surface area contributed by atoms with Crippen molar-refractivity contribution in [3.05, 3.63) is 30.0 Å². The highest BCUT2D eigenvalue weighted by atomic mass is 32.2. The van der Waals surface area contributed by atoms with Gasteiger partial charge in [-0.1, -0.05) is 18.2 Å². The van der Waals surface area contributed by atoms with Gasteiger partial charge in [-0.25, -0.2) is 0 Å². The van der Waals surface area contributed by atoms with Crippen molar-refractivity contribution in [1.82, 2.24) is 14.7 Å². The summed E-state index contributed by atoms with van der Waals surface area (Å²) in [4.78, 5) is 2.40. The van der Waals surface area contributed by atoms with Crippen LogP contribution in [0, 0.1) is 0 Å². The van der Waals surface area contributed by atoms with Crippen molar-refractivity contribution in [1.29, 1.82) is 0 Å². The lowest BCUT2D eigenvalue weighted by Gasteiger charge is -2.35. The van der Waals surface area contributed by atoms with Gasteiger partial charge in [0.2, 0.25) is 0 Å². The molecule has 5 heteroatoms. The molecule has 0 radical (unpaired) electrons. The Morgan fingerprint density at radius 2 is 2.24 bits per heavy atom. The second-order valence-corrected chi connectivity index (χ2v) is 6.92. The predicted molar refractivity (Wildman–Crippen MR) is 90.8 cm³/mol. The first-order valence-electron chi connectivity index (χ1n) is 7.68. The van der Waals surface area contributed by atoms with Crippen LogP contribution >= 0.6 is 11.8 Å². The molecule has 114 valence electrons. The van der Waals surface area contributed by atoms with Gasteiger partial charge in [0, 0.05) is 48.5 Å². The molecule has 0 saturated carbocycles. The number of thioether (sulfide) groups is 1. The first-order chi connectivity index (χ1) is 10.2. The van der Waals surface area contributed by atoms with E-state index in [4.69, 9.17) is 10.8 Å². The second-order valence-electron chi connectivity index (χ2n) is 5.77. The number of likely N-dealkylation sites (N-methyl/N-ethyl adjacent to an activating group) is 1. The SMILES string of the molecule is CCn1nc(CC(N)C2CSCCN2C)c2ccccc21. The zero-order chi connectivity index (χ0) is 14.8. The summed E-state index contributed by atoms with van der Waals surface area (Å²) in [6.07, 6.45) is 0.850. The minimum Gasteiger partial charge on any atom is -0.326 e. The molecule has 2 N–H and O–H groups in total. The van der Waals surface area contributed by atoms with Gasteiger partial charge in [-0.3, -0.25) is 4.68 Å². The van der Waals surface area contributed by atoms with Gasteiger partial charge in [0.25, 0.3) is 0 Å². The lowest BCUT2D eigenvalue weighted by atomic mass is 10.0. The van der Waals surface area contributed by atoms with Gasteiger partial charge < -0.3 is 10.6 Å². The number of hydrogen-bond acceptors (Lipinski definition) is 4. The van der Waals surface area contributed by atoms with Crippen LogP contribution in [0.3, 0.4) is 0 Å². The maximum Gasteiger partial charge on any atom is 0.0719 e. The third-order valence-electron chi connectivity index (χ3n) is 4.40. The normalized spacial score (nSPS) is 21.8. The zero-order valence-corrected chi connectivity index (χ0v) is 13.6. The fourth-order valence-corrected chi connectivity index (χ4v) is 4.43. The molecule has 21 heavy (non-hydrogen) atoms. The molecular formula is C16H24N4S. The molecule has 2 aromatic rings. The smallest absolute Gasteiger partial charge is 0.0719 e. The number of fused-ring (bicyclic) bond motifs is 1. The van der Waals surface area contributed by atoms with E-state index in [2.05, 4.69) is 47.8 Å². The number of rotatable bonds is 4. The molecule has 0 spiro atoms. The monoisotopic (exact) mass is 304 g/mol. The van der Waals surface area contributed by atoms with Gasteiger partial charge in [-0.2, -0.15) is 16.9 Å². The molecule has 0 aliphatic carbocycles. The Kier molecular flexibility index (Phi) is 4.52. The molecule has 2 atom stereocenters. The maximum atomic E-state index is 6.51. The third kappa shape index (κ3) is 2.96. The van der Waals surface area contributed by atoms with E-state index >= 15 is 0 Å². The second kappa shape index (κ2) is 6.38. The molecule has 1 aliphatic rings. The van der Waals surface area contributed by atoms with E-state index in [0.29, 0.717) is 6.04 Å². The number of hydrogen-bond donors (Lipinski definition) is 1. The van der Waals surface area contributed by atoms with Gasteiger partial charge in [0.1, 0.15) is 0 Å². The quantitative estimate of drug-likeness (QED) is 0.938. The molecular weight excluding hydrogens is 280 g/mol. The van der Waals surface area contributed by atoms with Gasteiger partial charge in [-0.05, 0) is 20.0 Å². The lowest BCUT2D eigenvalue weighted by molar-refractivity contribution is 0.235. The minimum atomic E-state index is 0.145. The van der Waals surface area contributed by atoms with E-state index in [-0.39, 0.29) is 6.04 Å². The van der Waals surface area contributed by atoms with Crippen molar-refractivity contribution in [3.63, 3.8) is 0 Å². The van der Waals surface area contributed by atoms with Crippen LogP contribution in [0.2, 0.25) is 0 Å². The van der Waals surface area contributed by atoms with Crippen LogP contribution in [0.4, 0.5) is 0 Å². The van der Waals surface area contributed by atoms with Crippen LogP contribution < -0.4 is 5.73 Å². The van der Waals surface area contributed by atoms with E-state index in [1.807, 2.05) is 11.8 Å². The average molecular weight is 304 g/mol. The molecule has 1 aromatic carbocycles. The predicted octanol–water partition coefficient (Wildman–Crippen LogP) is 1.97. The summed E-state index contributed by atoms with van der Waals surface area (Å²) >= 11 is 2.01. The van der Waals surface area contributed by atoms with Gasteiger partial charge in [0.05, 0.1) is 11.2 Å². The fourth-order valence-electron chi connectivity index (χ4n) is 3.10. The van der Waals surface area contributed by atoms with Crippen LogP contribution in [0.15, 0.2) is 24.3 Å². The van der Waals surface area contributed by atoms with E-state index in [1.165, 1.54) is 16.7 Å². The maximum absolute atomic E-state index is 6.51. The molecule has 1 aromatic heterocycles. The summed E-state index contributed by atoms with van der Waals surface area (Å²) in [6, 6.07) is 9.06. The summed E-state index contributed by atoms with van der Waals surface area (Å²) in [5.74, 6) is 2.34. The number of aryl methyl sites for hydroxylation is 1. The molecule has 2 unspecified atom stereocenters. The average Bonchev–Trinajstić information content (AvgIpc) is 2.86. The van der Waals surface area contributed by atoms with E-state index in [0.717, 1.165) is 31.0 Å². The topological polar surface area (TPSA) is 47.1 Å². The standard InChI is InChI=1S/C16H24N4S/c1-3-20-15-7-5-4-6-12(15)14(18-20)10-13(17)16-11-21-9-8-19(16)2/h4-7,13,16H,3,8-11,17H2,1-2H3. The summed E-state index contributed by atoms with van der Waals surface area (Å²) in [5, 5.41) is 6.03. The fraction of sp³-hybridized carbons (Fsp3) is 0.562. The Morgan fingerprint density at radius 3 is 3.00 bits per heavy atom. The zero-order valence-electron chi connectivity index (χ0n) is 12.8. The van der Waals surface area contributed by atoms with Crippen molar-refractivity contribution in [2.24, 2.45) is 5.73 Å². The molecule has 2 heterocycles. The Labute approximate surface area is 130 Å². The highest BCUT2D eigenvalue weighted by Gasteiger charge is 2.26. The Balaban J connectivity index is 1.84. The first-order valence-corrected chi connectivity index (χ1v) is 8.84. The molecule has 0 bridgehead atoms. The van der Waals surface area contributed by atoms with Crippen LogP contribution in [0.5, 0.6) is 0 Å². The number of para-hydroxylation sites is 1. The van der Waals surface area contributed by atoms with Crippen LogP contribution in [-0.4, -0.2) is 51.9 Å². The van der Waals surface area contributed by atoms with Gasteiger partial charge >= 0.3 is 0 Å². The lowest BCUT2D eigenvalue weighted by Crippen LogP contribution is -2.51. The third-order valence-corrected chi connectivity index (χ3v) is 5.45. The van der Waals surface area contributed by atoms with Gasteiger partial charge in [0.15, 0.2) is 0 Å². The van der Waals surface area contributed by atoms with Crippen molar-refractivity contribution < 1.29 is 0 Å². The van der Waals surface area contributed by atoms with Crippen LogP contribution in [-0.2, 0) is 13.0 Å². The minimum absolute atomic E-state index is 0.145. The number of nitrogens with zero attached hydrogens (tertiary/aromatic N) is 3. The molecule has 1 aliphatic heterocycles. The van der Waals surface area contributed by atoms with Crippen molar-refractivity contribution in [3.8, 4) is 0 Å². The van der Waals surface area contributed by atoms with E-state index in [9.17, 15) is 0 Å². The van der Waals surface area contributed by atoms with Gasteiger partial charge in [-0.15, -0.1) is 0 Å². The Bertz CT molecular complexity index is 609. The summed E-state index contributed by atoms with van der Waals surface area (Å²) in [5.41, 5.74) is 8.87. The molecule has 3 rings (SSSR count). The highest BCUT2D eigenvalue weighted by molar-refractivity contribution is 7.99. The summed E-state index contributed by atoms with van der Waals surface area (Å²) in [6.45, 7) is 4.16. The highest BCUT2D eigenvalue weighted by Crippen LogP contribution is 2.22. The Hall–Kier alpha value is -1.04. The Morgan fingerprint density at radius 1 is 1.43 bits per heavy atom.